The fourth-order valence-electron chi connectivity index (χ4n) is 13.4. The summed E-state index contributed by atoms with van der Waals surface area (Å²) in [5.74, 6) is 0. The fourth-order valence-corrected chi connectivity index (χ4v) is 13.4. The van der Waals surface area contributed by atoms with Gasteiger partial charge in [-0.05, 0) is 145 Å². The Morgan fingerprint density at radius 1 is 0.275 bits per heavy atom. The number of rotatable bonds is 5. The minimum atomic E-state index is 0.0594. The van der Waals surface area contributed by atoms with Crippen molar-refractivity contribution < 1.29 is 0 Å². The molecule has 2 aliphatic carbocycles. The van der Waals surface area contributed by atoms with Crippen LogP contribution in [0.2, 0.25) is 0 Å². The van der Waals surface area contributed by atoms with Gasteiger partial charge in [-0.15, -0.1) is 0 Å². The fraction of sp³-hybridized carbons (Fsp3) is 0.0746. The molecule has 2 aliphatic rings. The van der Waals surface area contributed by atoms with Crippen molar-refractivity contribution in [2.45, 2.75) is 31.1 Å². The zero-order valence-corrected chi connectivity index (χ0v) is 38.2. The summed E-state index contributed by atoms with van der Waals surface area (Å²) in [6.45, 7) is 0. The van der Waals surface area contributed by atoms with Crippen LogP contribution in [0.1, 0.15) is 36.8 Å². The minimum absolute atomic E-state index is 0.0594. The molecule has 0 amide bonds. The third kappa shape index (κ3) is 5.37. The van der Waals surface area contributed by atoms with Crippen LogP contribution >= 0.6 is 0 Å². The van der Waals surface area contributed by atoms with Gasteiger partial charge in [0.2, 0.25) is 0 Å². The third-order valence-electron chi connectivity index (χ3n) is 16.1. The molecule has 1 fully saturated rings. The van der Waals surface area contributed by atoms with E-state index in [1.54, 1.807) is 0 Å². The molecule has 0 bridgehead atoms. The van der Waals surface area contributed by atoms with Gasteiger partial charge in [-0.25, -0.2) is 0 Å². The van der Waals surface area contributed by atoms with Crippen molar-refractivity contribution in [3.05, 3.63) is 242 Å². The van der Waals surface area contributed by atoms with Gasteiger partial charge in [-0.3, -0.25) is 0 Å². The standard InChI is InChI=1S/C67H46N2/c1-3-20-43(21-4-1)68-59-36-11-8-25-52(59)65-47(31-18-38-61(65)68)45-27-15-29-49-55(45)42-56-46(48-32-19-39-62-66(48)53-26-9-12-37-60(53)69(62)44-22-5-2-6-23-44)28-16-30-50(56)63(49)54-33-17-35-58-64(54)51-24-7-10-34-57(51)67(58)40-13-14-41-67/h1-12,15-39,42H,13-14,40-41H2. The van der Waals surface area contributed by atoms with E-state index in [4.69, 9.17) is 0 Å². The maximum atomic E-state index is 2.54. The second-order valence-corrected chi connectivity index (χ2v) is 19.4. The number of hydrogen-bond donors (Lipinski definition) is 0. The van der Waals surface area contributed by atoms with Gasteiger partial charge in [-0.1, -0.05) is 189 Å². The molecule has 0 aliphatic heterocycles. The average molecular weight is 879 g/mol. The number of benzene rings is 11. The predicted octanol–water partition coefficient (Wildman–Crippen LogP) is 18.0. The van der Waals surface area contributed by atoms with Crippen molar-refractivity contribution in [1.29, 1.82) is 0 Å². The van der Waals surface area contributed by atoms with Gasteiger partial charge in [0.15, 0.2) is 0 Å². The van der Waals surface area contributed by atoms with E-state index in [2.05, 4.69) is 240 Å². The largest absolute Gasteiger partial charge is 0.309 e. The lowest BCUT2D eigenvalue weighted by atomic mass is 9.76. The van der Waals surface area contributed by atoms with E-state index >= 15 is 0 Å². The molecule has 0 atom stereocenters. The zero-order chi connectivity index (χ0) is 45.2. The molecule has 0 unspecified atom stereocenters. The first kappa shape index (κ1) is 38.6. The van der Waals surface area contributed by atoms with Crippen LogP contribution in [0.5, 0.6) is 0 Å². The Labute approximate surface area is 401 Å². The van der Waals surface area contributed by atoms with Crippen molar-refractivity contribution in [2.24, 2.45) is 0 Å². The predicted molar refractivity (Wildman–Crippen MR) is 291 cm³/mol. The van der Waals surface area contributed by atoms with Gasteiger partial charge in [0.25, 0.3) is 0 Å². The highest BCUT2D eigenvalue weighted by molar-refractivity contribution is 6.25. The Hall–Kier alpha value is -8.46. The summed E-state index contributed by atoms with van der Waals surface area (Å²) in [6.07, 6.45) is 4.93. The van der Waals surface area contributed by atoms with Crippen molar-refractivity contribution >= 4 is 65.2 Å². The first-order valence-electron chi connectivity index (χ1n) is 24.6. The van der Waals surface area contributed by atoms with E-state index in [-0.39, 0.29) is 5.41 Å². The number of fused-ring (bicyclic) bond motifs is 13. The molecule has 2 aromatic heterocycles. The van der Waals surface area contributed by atoms with Crippen LogP contribution in [0.4, 0.5) is 0 Å². The van der Waals surface area contributed by atoms with E-state index in [0.29, 0.717) is 0 Å². The monoisotopic (exact) mass is 878 g/mol. The van der Waals surface area contributed by atoms with Gasteiger partial charge in [0, 0.05) is 38.3 Å². The molecule has 1 spiro atoms. The molecule has 324 valence electrons. The maximum Gasteiger partial charge on any atom is 0.0547 e. The van der Waals surface area contributed by atoms with E-state index in [1.807, 2.05) is 0 Å². The van der Waals surface area contributed by atoms with Crippen molar-refractivity contribution in [3.8, 4) is 55.9 Å². The van der Waals surface area contributed by atoms with Crippen molar-refractivity contribution in [3.63, 3.8) is 0 Å². The van der Waals surface area contributed by atoms with Crippen molar-refractivity contribution in [2.75, 3.05) is 0 Å². The highest BCUT2D eigenvalue weighted by Gasteiger charge is 2.45. The van der Waals surface area contributed by atoms with Crippen LogP contribution in [-0.4, -0.2) is 9.13 Å². The molecule has 0 radical (unpaired) electrons. The second kappa shape index (κ2) is 14.8. The average Bonchev–Trinajstić information content (AvgIpc) is 4.19. The highest BCUT2D eigenvalue weighted by atomic mass is 15.0. The lowest BCUT2D eigenvalue weighted by molar-refractivity contribution is 0.550. The minimum Gasteiger partial charge on any atom is -0.309 e. The summed E-state index contributed by atoms with van der Waals surface area (Å²) in [7, 11) is 0. The summed E-state index contributed by atoms with van der Waals surface area (Å²) in [5, 5.41) is 10.1. The third-order valence-corrected chi connectivity index (χ3v) is 16.1. The SMILES string of the molecule is c1ccc(-n2c3ccccc3c3c(-c4cccc5c(-c6cccc7c6-c6ccccc6C76CCCC6)c6cccc(-c7cccc8c7c7ccccc7n8-c7ccccc7)c6cc45)cccc32)cc1. The molecule has 11 aromatic carbocycles. The summed E-state index contributed by atoms with van der Waals surface area (Å²) in [4.78, 5) is 0. The number of aromatic nitrogens is 2. The molecule has 1 saturated carbocycles. The molecule has 2 nitrogen and oxygen atoms in total. The molecule has 13 aromatic rings. The van der Waals surface area contributed by atoms with Gasteiger partial charge in [-0.2, -0.15) is 0 Å². The molecule has 69 heavy (non-hydrogen) atoms. The first-order chi connectivity index (χ1) is 34.3. The Balaban J connectivity index is 1.09. The number of para-hydroxylation sites is 4. The van der Waals surface area contributed by atoms with Crippen LogP contribution in [0.3, 0.4) is 0 Å². The summed E-state index contributed by atoms with van der Waals surface area (Å²) < 4.78 is 4.88. The van der Waals surface area contributed by atoms with Crippen LogP contribution < -0.4 is 0 Å². The first-order valence-corrected chi connectivity index (χ1v) is 24.6. The molecular weight excluding hydrogens is 833 g/mol. The highest BCUT2D eigenvalue weighted by Crippen LogP contribution is 2.60. The van der Waals surface area contributed by atoms with E-state index in [1.165, 1.54) is 146 Å². The Morgan fingerprint density at radius 3 is 1.26 bits per heavy atom. The van der Waals surface area contributed by atoms with Gasteiger partial charge in [0.05, 0.1) is 22.1 Å². The molecule has 2 heteroatoms. The second-order valence-electron chi connectivity index (χ2n) is 19.4. The number of nitrogens with zero attached hydrogens (tertiary/aromatic N) is 2. The molecule has 15 rings (SSSR count). The van der Waals surface area contributed by atoms with E-state index < -0.39 is 0 Å². The maximum absolute atomic E-state index is 2.54. The molecular formula is C67H46N2. The summed E-state index contributed by atoms with van der Waals surface area (Å²) >= 11 is 0. The summed E-state index contributed by atoms with van der Waals surface area (Å²) in [5.41, 5.74) is 20.7. The molecule has 2 heterocycles. The Morgan fingerprint density at radius 2 is 0.681 bits per heavy atom. The van der Waals surface area contributed by atoms with E-state index in [0.717, 1.165) is 11.4 Å². The van der Waals surface area contributed by atoms with Gasteiger partial charge in [0.1, 0.15) is 0 Å². The van der Waals surface area contributed by atoms with Crippen LogP contribution in [-0.2, 0) is 5.41 Å². The quantitative estimate of drug-likeness (QED) is 0.152. The van der Waals surface area contributed by atoms with E-state index in [9.17, 15) is 0 Å². The molecule has 0 saturated heterocycles. The normalized spacial score (nSPS) is 14.0. The van der Waals surface area contributed by atoms with Crippen LogP contribution in [0, 0.1) is 0 Å². The van der Waals surface area contributed by atoms with Gasteiger partial charge < -0.3 is 9.13 Å². The zero-order valence-electron chi connectivity index (χ0n) is 38.2. The van der Waals surface area contributed by atoms with Crippen LogP contribution in [0.25, 0.3) is 121 Å². The Bertz CT molecular complexity index is 4020. The Kier molecular flexibility index (Phi) is 8.27. The molecule has 0 N–H and O–H groups in total. The van der Waals surface area contributed by atoms with Crippen molar-refractivity contribution in [1.82, 2.24) is 9.13 Å². The van der Waals surface area contributed by atoms with Crippen LogP contribution in [0.15, 0.2) is 231 Å². The smallest absolute Gasteiger partial charge is 0.0547 e. The summed E-state index contributed by atoms with van der Waals surface area (Å²) in [6, 6.07) is 86.6. The number of hydrogen-bond acceptors (Lipinski definition) is 0. The van der Waals surface area contributed by atoms with Gasteiger partial charge >= 0.3 is 0 Å². The lowest BCUT2D eigenvalue weighted by Gasteiger charge is -2.27. The lowest BCUT2D eigenvalue weighted by Crippen LogP contribution is -2.20. The topological polar surface area (TPSA) is 9.86 Å².